The second-order valence-corrected chi connectivity index (χ2v) is 12.3. The summed E-state index contributed by atoms with van der Waals surface area (Å²) >= 11 is 1.58. The van der Waals surface area contributed by atoms with E-state index in [0.717, 1.165) is 48.8 Å². The molecule has 2 aliphatic carbocycles. The van der Waals surface area contributed by atoms with Crippen LogP contribution in [0.3, 0.4) is 0 Å². The highest BCUT2D eigenvalue weighted by atomic mass is 32.1. The molecule has 1 aromatic heterocycles. The number of hydrogen-bond donors (Lipinski definition) is 1. The van der Waals surface area contributed by atoms with E-state index in [1.165, 1.54) is 6.42 Å². The zero-order valence-electron chi connectivity index (χ0n) is 20.5. The lowest BCUT2D eigenvalue weighted by atomic mass is 9.65. The SMILES string of the molecule is CCCCc1cn(C(C)(C)C)s/c1=N\C(=O)[C@]1(C)CC[C@H](C(=O)NC2CCC2)C1(C)C. The maximum absolute atomic E-state index is 13.6. The zero-order chi connectivity index (χ0) is 23.0. The summed E-state index contributed by atoms with van der Waals surface area (Å²) in [4.78, 5) is 31.3. The second-order valence-electron chi connectivity index (χ2n) is 11.3. The maximum atomic E-state index is 13.6. The predicted octanol–water partition coefficient (Wildman–Crippen LogP) is 5.19. The molecule has 0 aromatic carbocycles. The van der Waals surface area contributed by atoms with Gasteiger partial charge in [0, 0.05) is 29.3 Å². The number of unbranched alkanes of at least 4 members (excludes halogenated alkanes) is 1. The van der Waals surface area contributed by atoms with Crippen LogP contribution in [0.25, 0.3) is 0 Å². The van der Waals surface area contributed by atoms with Crippen molar-refractivity contribution in [1.82, 2.24) is 9.27 Å². The van der Waals surface area contributed by atoms with Gasteiger partial charge < -0.3 is 5.32 Å². The van der Waals surface area contributed by atoms with Gasteiger partial charge in [0.05, 0.1) is 5.41 Å². The van der Waals surface area contributed by atoms with Crippen molar-refractivity contribution >= 4 is 23.3 Å². The fraction of sp³-hybridized carbons (Fsp3) is 0.800. The minimum absolute atomic E-state index is 0.0380. The first-order valence-corrected chi connectivity index (χ1v) is 12.8. The van der Waals surface area contributed by atoms with Gasteiger partial charge in [-0.05, 0) is 82.7 Å². The molecule has 1 heterocycles. The molecule has 0 spiro atoms. The van der Waals surface area contributed by atoms with Crippen LogP contribution in [0.2, 0.25) is 0 Å². The van der Waals surface area contributed by atoms with Gasteiger partial charge in [-0.15, -0.1) is 0 Å². The molecule has 3 rings (SSSR count). The van der Waals surface area contributed by atoms with E-state index in [-0.39, 0.29) is 23.3 Å². The number of nitrogens with one attached hydrogen (secondary N) is 1. The van der Waals surface area contributed by atoms with Gasteiger partial charge in [-0.2, -0.15) is 0 Å². The van der Waals surface area contributed by atoms with Crippen LogP contribution in [0.5, 0.6) is 0 Å². The monoisotopic (exact) mass is 447 g/mol. The Morgan fingerprint density at radius 2 is 1.90 bits per heavy atom. The lowest BCUT2D eigenvalue weighted by molar-refractivity contribution is -0.136. The number of nitrogens with zero attached hydrogens (tertiary/aromatic N) is 2. The Kier molecular flexibility index (Phi) is 6.90. The Hall–Kier alpha value is -1.43. The summed E-state index contributed by atoms with van der Waals surface area (Å²) in [5, 5.41) is 3.21. The largest absolute Gasteiger partial charge is 0.353 e. The second kappa shape index (κ2) is 8.84. The first-order chi connectivity index (χ1) is 14.4. The molecule has 5 nitrogen and oxygen atoms in total. The normalized spacial score (nSPS) is 26.7. The Morgan fingerprint density at radius 3 is 2.45 bits per heavy atom. The number of rotatable bonds is 6. The predicted molar refractivity (Wildman–Crippen MR) is 127 cm³/mol. The standard InChI is InChI=1S/C25H41N3O2S/c1-8-9-11-17-16-28(23(2,3)4)31-21(17)27-22(30)25(7)15-14-19(24(25,5)6)20(29)26-18-12-10-13-18/h16,18-19H,8-15H2,1-7H3,(H,26,29)/b27-21-/t19-,25+/m1/s1. The maximum Gasteiger partial charge on any atom is 0.253 e. The molecule has 0 bridgehead atoms. The smallest absolute Gasteiger partial charge is 0.253 e. The number of hydrogen-bond acceptors (Lipinski definition) is 3. The molecule has 0 radical (unpaired) electrons. The number of aryl methyl sites for hydroxylation is 1. The third-order valence-electron chi connectivity index (χ3n) is 7.86. The van der Waals surface area contributed by atoms with Gasteiger partial charge in [-0.1, -0.05) is 34.1 Å². The summed E-state index contributed by atoms with van der Waals surface area (Å²) in [7, 11) is 0. The van der Waals surface area contributed by atoms with E-state index in [1.54, 1.807) is 11.5 Å². The van der Waals surface area contributed by atoms with Gasteiger partial charge in [0.25, 0.3) is 5.91 Å². The third-order valence-corrected chi connectivity index (χ3v) is 9.24. The minimum atomic E-state index is -0.632. The number of amides is 2. The number of carbonyl (C=O) groups excluding carboxylic acids is 2. The molecule has 2 atom stereocenters. The van der Waals surface area contributed by atoms with E-state index in [9.17, 15) is 9.59 Å². The molecule has 2 aliphatic rings. The summed E-state index contributed by atoms with van der Waals surface area (Å²) in [5.41, 5.74) is 0.0629. The molecule has 31 heavy (non-hydrogen) atoms. The van der Waals surface area contributed by atoms with E-state index in [4.69, 9.17) is 4.99 Å². The van der Waals surface area contributed by atoms with Crippen molar-refractivity contribution < 1.29 is 9.59 Å². The van der Waals surface area contributed by atoms with E-state index in [0.29, 0.717) is 12.5 Å². The lowest BCUT2D eigenvalue weighted by Crippen LogP contribution is -2.48. The first kappa shape index (κ1) is 24.2. The van der Waals surface area contributed by atoms with E-state index in [2.05, 4.69) is 57.0 Å². The van der Waals surface area contributed by atoms with Crippen LogP contribution >= 0.6 is 11.5 Å². The molecule has 1 N–H and O–H groups in total. The van der Waals surface area contributed by atoms with Gasteiger partial charge in [0.1, 0.15) is 4.67 Å². The number of aromatic nitrogens is 1. The van der Waals surface area contributed by atoms with Gasteiger partial charge in [-0.25, -0.2) is 4.99 Å². The average molecular weight is 448 g/mol. The third kappa shape index (κ3) is 4.69. The summed E-state index contributed by atoms with van der Waals surface area (Å²) in [5.74, 6) is -0.0895. The Morgan fingerprint density at radius 1 is 1.23 bits per heavy atom. The van der Waals surface area contributed by atoms with Crippen molar-refractivity contribution in [2.45, 2.75) is 111 Å². The van der Waals surface area contributed by atoms with Crippen LogP contribution < -0.4 is 9.99 Å². The Balaban J connectivity index is 1.88. The van der Waals surface area contributed by atoms with Crippen molar-refractivity contribution in [2.24, 2.45) is 21.7 Å². The van der Waals surface area contributed by atoms with Crippen LogP contribution in [0.1, 0.15) is 99.0 Å². The fourth-order valence-corrected chi connectivity index (χ4v) is 5.78. The summed E-state index contributed by atoms with van der Waals surface area (Å²) in [6, 6.07) is 0.329. The molecular formula is C25H41N3O2S. The molecule has 1 aromatic rings. The van der Waals surface area contributed by atoms with E-state index >= 15 is 0 Å². The van der Waals surface area contributed by atoms with Crippen LogP contribution in [-0.2, 0) is 21.5 Å². The highest BCUT2D eigenvalue weighted by Crippen LogP contribution is 2.56. The van der Waals surface area contributed by atoms with Crippen LogP contribution in [0.15, 0.2) is 11.2 Å². The number of carbonyl (C=O) groups is 2. The highest BCUT2D eigenvalue weighted by Gasteiger charge is 2.58. The Bertz CT molecular complexity index is 885. The lowest BCUT2D eigenvalue weighted by Gasteiger charge is -2.39. The molecule has 0 saturated heterocycles. The topological polar surface area (TPSA) is 63.5 Å². The Labute approximate surface area is 191 Å². The average Bonchev–Trinajstić information content (AvgIpc) is 3.15. The van der Waals surface area contributed by atoms with Crippen LogP contribution in [-0.4, -0.2) is 21.8 Å². The molecule has 174 valence electrons. The first-order valence-electron chi connectivity index (χ1n) is 12.0. The quantitative estimate of drug-likeness (QED) is 0.652. The van der Waals surface area contributed by atoms with Crippen molar-refractivity contribution in [3.63, 3.8) is 0 Å². The molecule has 6 heteroatoms. The van der Waals surface area contributed by atoms with E-state index < -0.39 is 10.8 Å². The van der Waals surface area contributed by atoms with Crippen LogP contribution in [0, 0.1) is 16.7 Å². The molecule has 2 amide bonds. The molecule has 0 aliphatic heterocycles. The summed E-state index contributed by atoms with van der Waals surface area (Å²) in [6.07, 6.45) is 10.1. The summed E-state index contributed by atoms with van der Waals surface area (Å²) < 4.78 is 3.05. The van der Waals surface area contributed by atoms with Crippen molar-refractivity contribution in [1.29, 1.82) is 0 Å². The minimum Gasteiger partial charge on any atom is -0.353 e. The van der Waals surface area contributed by atoms with Gasteiger partial charge in [0.2, 0.25) is 5.91 Å². The highest BCUT2D eigenvalue weighted by molar-refractivity contribution is 7.04. The molecule has 2 fully saturated rings. The van der Waals surface area contributed by atoms with E-state index in [1.807, 2.05) is 6.92 Å². The van der Waals surface area contributed by atoms with Crippen molar-refractivity contribution in [2.75, 3.05) is 0 Å². The molecule has 0 unspecified atom stereocenters. The zero-order valence-corrected chi connectivity index (χ0v) is 21.3. The molecule has 2 saturated carbocycles. The van der Waals surface area contributed by atoms with Crippen LogP contribution in [0.4, 0.5) is 0 Å². The van der Waals surface area contributed by atoms with Gasteiger partial charge in [-0.3, -0.25) is 13.5 Å². The van der Waals surface area contributed by atoms with Gasteiger partial charge >= 0.3 is 0 Å². The van der Waals surface area contributed by atoms with Gasteiger partial charge in [0.15, 0.2) is 0 Å². The molecular weight excluding hydrogens is 406 g/mol. The summed E-state index contributed by atoms with van der Waals surface area (Å²) in [6.45, 7) is 14.9. The van der Waals surface area contributed by atoms with Crippen molar-refractivity contribution in [3.8, 4) is 0 Å². The van der Waals surface area contributed by atoms with Crippen molar-refractivity contribution in [3.05, 3.63) is 16.4 Å². The fourth-order valence-electron chi connectivity index (χ4n) is 4.75.